The smallest absolute Gasteiger partial charge is 0.117 e. The summed E-state index contributed by atoms with van der Waals surface area (Å²) < 4.78 is 0. The largest absolute Gasteiger partial charge is 0.290 e. The molecule has 1 N–H and O–H groups in total. The summed E-state index contributed by atoms with van der Waals surface area (Å²) in [7, 11) is 1.83. The van der Waals surface area contributed by atoms with Gasteiger partial charge in [-0.05, 0) is 42.9 Å². The molecule has 3 heteroatoms. The van der Waals surface area contributed by atoms with Crippen LogP contribution in [0, 0.1) is 12.8 Å². The molecular weight excluding hydrogens is 246 g/mol. The van der Waals surface area contributed by atoms with Crippen molar-refractivity contribution in [3.8, 4) is 0 Å². The Kier molecular flexibility index (Phi) is 4.31. The normalized spacial score (nSPS) is 28.3. The topological polar surface area (TPSA) is 21.3 Å². The summed E-state index contributed by atoms with van der Waals surface area (Å²) in [4.78, 5) is 5.95. The number of rotatable bonds is 3. The molecular formula is C15H22ClNO. The van der Waals surface area contributed by atoms with Crippen LogP contribution in [0.15, 0.2) is 18.2 Å². The van der Waals surface area contributed by atoms with Crippen molar-refractivity contribution in [1.82, 2.24) is 5.48 Å². The number of hydrogen-bond donors (Lipinski definition) is 1. The van der Waals surface area contributed by atoms with Gasteiger partial charge in [0.25, 0.3) is 0 Å². The Labute approximate surface area is 115 Å². The first-order valence-corrected chi connectivity index (χ1v) is 7.09. The van der Waals surface area contributed by atoms with Gasteiger partial charge in [0.05, 0.1) is 0 Å². The molecule has 0 radical (unpaired) electrons. The van der Waals surface area contributed by atoms with Gasteiger partial charge >= 0.3 is 0 Å². The van der Waals surface area contributed by atoms with Crippen LogP contribution in [-0.4, -0.2) is 7.05 Å². The fourth-order valence-corrected chi connectivity index (χ4v) is 3.18. The third kappa shape index (κ3) is 2.42. The summed E-state index contributed by atoms with van der Waals surface area (Å²) in [5, 5.41) is 0.823. The van der Waals surface area contributed by atoms with Gasteiger partial charge in [-0.3, -0.25) is 4.84 Å². The first kappa shape index (κ1) is 13.9. The van der Waals surface area contributed by atoms with Gasteiger partial charge < -0.3 is 0 Å². The fraction of sp³-hybridized carbons (Fsp3) is 0.600. The maximum absolute atomic E-state index is 6.27. The van der Waals surface area contributed by atoms with E-state index in [1.165, 1.54) is 24.8 Å². The Morgan fingerprint density at radius 2 is 2.17 bits per heavy atom. The molecule has 2 atom stereocenters. The van der Waals surface area contributed by atoms with E-state index in [2.05, 4.69) is 30.6 Å². The zero-order valence-corrected chi connectivity index (χ0v) is 12.2. The lowest BCUT2D eigenvalue weighted by Gasteiger charge is -2.42. The Morgan fingerprint density at radius 1 is 1.39 bits per heavy atom. The zero-order valence-electron chi connectivity index (χ0n) is 11.4. The van der Waals surface area contributed by atoms with E-state index in [4.69, 9.17) is 16.4 Å². The Bertz CT molecular complexity index is 417. The number of aryl methyl sites for hydroxylation is 1. The minimum atomic E-state index is -0.232. The Balaban J connectivity index is 2.42. The molecule has 0 aromatic heterocycles. The number of hydroxylamine groups is 1. The number of benzene rings is 1. The average molecular weight is 268 g/mol. The summed E-state index contributed by atoms with van der Waals surface area (Å²) in [6, 6.07) is 6.30. The standard InChI is InChI=1S/C15H22ClNO/c1-11-7-8-13(10-14(11)16)15(18-17-3)9-5-4-6-12(15)2/h7-8,10,12,17H,4-6,9H2,1-3H3/t12-,15+/m0/s1. The first-order chi connectivity index (χ1) is 8.60. The van der Waals surface area contributed by atoms with Crippen LogP contribution in [0.4, 0.5) is 0 Å². The maximum Gasteiger partial charge on any atom is 0.117 e. The van der Waals surface area contributed by atoms with Crippen molar-refractivity contribution < 1.29 is 4.84 Å². The molecule has 18 heavy (non-hydrogen) atoms. The van der Waals surface area contributed by atoms with Crippen LogP contribution >= 0.6 is 11.6 Å². The lowest BCUT2D eigenvalue weighted by atomic mass is 9.72. The van der Waals surface area contributed by atoms with E-state index in [1.54, 1.807) is 0 Å². The van der Waals surface area contributed by atoms with E-state index in [1.807, 2.05) is 14.0 Å². The SMILES string of the molecule is CNO[C@]1(c2ccc(C)c(Cl)c2)CCCC[C@@H]1C. The summed E-state index contributed by atoms with van der Waals surface area (Å²) in [5.74, 6) is 0.498. The van der Waals surface area contributed by atoms with Crippen molar-refractivity contribution in [3.05, 3.63) is 34.3 Å². The summed E-state index contributed by atoms with van der Waals surface area (Å²) in [6.07, 6.45) is 4.74. The zero-order chi connectivity index (χ0) is 13.2. The first-order valence-electron chi connectivity index (χ1n) is 6.71. The highest BCUT2D eigenvalue weighted by Gasteiger charge is 2.41. The minimum Gasteiger partial charge on any atom is -0.290 e. The van der Waals surface area contributed by atoms with Crippen LogP contribution in [0.2, 0.25) is 5.02 Å². The van der Waals surface area contributed by atoms with Gasteiger partial charge in [-0.25, -0.2) is 5.48 Å². The molecule has 1 aromatic carbocycles. The molecule has 0 amide bonds. The highest BCUT2D eigenvalue weighted by atomic mass is 35.5. The lowest BCUT2D eigenvalue weighted by molar-refractivity contribution is -0.153. The van der Waals surface area contributed by atoms with Gasteiger partial charge in [-0.15, -0.1) is 0 Å². The van der Waals surface area contributed by atoms with Crippen LogP contribution in [-0.2, 0) is 10.4 Å². The monoisotopic (exact) mass is 267 g/mol. The van der Waals surface area contributed by atoms with Gasteiger partial charge in [0.1, 0.15) is 5.60 Å². The molecule has 2 rings (SSSR count). The lowest BCUT2D eigenvalue weighted by Crippen LogP contribution is -2.42. The van der Waals surface area contributed by atoms with Crippen LogP contribution in [0.25, 0.3) is 0 Å². The van der Waals surface area contributed by atoms with Crippen LogP contribution in [0.1, 0.15) is 43.7 Å². The van der Waals surface area contributed by atoms with Crippen LogP contribution in [0.3, 0.4) is 0 Å². The number of halogens is 1. The minimum absolute atomic E-state index is 0.232. The second kappa shape index (κ2) is 5.60. The Morgan fingerprint density at radius 3 is 2.78 bits per heavy atom. The second-order valence-corrected chi connectivity index (χ2v) is 5.71. The van der Waals surface area contributed by atoms with E-state index in [-0.39, 0.29) is 5.60 Å². The molecule has 1 aromatic rings. The van der Waals surface area contributed by atoms with Gasteiger partial charge in [-0.2, -0.15) is 0 Å². The molecule has 1 aliphatic rings. The molecule has 1 fully saturated rings. The highest BCUT2D eigenvalue weighted by Crippen LogP contribution is 2.44. The predicted molar refractivity (Wildman–Crippen MR) is 75.6 cm³/mol. The molecule has 0 spiro atoms. The predicted octanol–water partition coefficient (Wildman–Crippen LogP) is 4.20. The maximum atomic E-state index is 6.27. The molecule has 0 saturated heterocycles. The van der Waals surface area contributed by atoms with Gasteiger partial charge in [0.2, 0.25) is 0 Å². The van der Waals surface area contributed by atoms with Crippen molar-refractivity contribution in [2.45, 2.75) is 45.1 Å². The molecule has 100 valence electrons. The van der Waals surface area contributed by atoms with E-state index in [9.17, 15) is 0 Å². The molecule has 0 unspecified atom stereocenters. The van der Waals surface area contributed by atoms with E-state index < -0.39 is 0 Å². The quantitative estimate of drug-likeness (QED) is 0.829. The van der Waals surface area contributed by atoms with E-state index >= 15 is 0 Å². The average Bonchev–Trinajstić information content (AvgIpc) is 2.36. The van der Waals surface area contributed by atoms with E-state index in [0.717, 1.165) is 17.0 Å². The van der Waals surface area contributed by atoms with Crippen molar-refractivity contribution in [3.63, 3.8) is 0 Å². The van der Waals surface area contributed by atoms with Crippen molar-refractivity contribution in [1.29, 1.82) is 0 Å². The van der Waals surface area contributed by atoms with Crippen molar-refractivity contribution in [2.75, 3.05) is 7.05 Å². The van der Waals surface area contributed by atoms with Crippen molar-refractivity contribution >= 4 is 11.6 Å². The van der Waals surface area contributed by atoms with Crippen LogP contribution in [0.5, 0.6) is 0 Å². The Hall–Kier alpha value is -0.570. The highest BCUT2D eigenvalue weighted by molar-refractivity contribution is 6.31. The number of hydrogen-bond acceptors (Lipinski definition) is 2. The summed E-state index contributed by atoms with van der Waals surface area (Å²) in [6.45, 7) is 4.30. The molecule has 1 saturated carbocycles. The van der Waals surface area contributed by atoms with Crippen LogP contribution < -0.4 is 5.48 Å². The molecule has 0 bridgehead atoms. The van der Waals surface area contributed by atoms with Gasteiger partial charge in [-0.1, -0.05) is 43.5 Å². The molecule has 1 aliphatic carbocycles. The second-order valence-electron chi connectivity index (χ2n) is 5.31. The summed E-state index contributed by atoms with van der Waals surface area (Å²) in [5.41, 5.74) is 4.97. The van der Waals surface area contributed by atoms with Gasteiger partial charge in [0.15, 0.2) is 0 Å². The number of nitrogens with one attached hydrogen (secondary N) is 1. The van der Waals surface area contributed by atoms with E-state index in [0.29, 0.717) is 5.92 Å². The molecule has 0 heterocycles. The summed E-state index contributed by atoms with van der Waals surface area (Å²) >= 11 is 6.27. The van der Waals surface area contributed by atoms with Gasteiger partial charge in [0, 0.05) is 12.1 Å². The molecule has 2 nitrogen and oxygen atoms in total. The third-order valence-corrected chi connectivity index (χ3v) is 4.58. The molecule has 0 aliphatic heterocycles. The third-order valence-electron chi connectivity index (χ3n) is 4.18. The van der Waals surface area contributed by atoms with Crippen molar-refractivity contribution in [2.24, 2.45) is 5.92 Å². The fourth-order valence-electron chi connectivity index (χ4n) is 3.00.